The third kappa shape index (κ3) is 8.84. The van der Waals surface area contributed by atoms with Crippen LogP contribution >= 0.6 is 18.7 Å². The van der Waals surface area contributed by atoms with Crippen LogP contribution in [0.4, 0.5) is 38.9 Å². The van der Waals surface area contributed by atoms with E-state index < -0.39 is 24.8 Å². The first-order chi connectivity index (χ1) is 28.8. The molecule has 314 valence electrons. The standard InChI is InChI=1S/C43H49ClFN10O4P/c1-52-26-27(24-47-52)32-22-36(49-43-46-25-33(44)41(51-43)48-35-7-5-6-8-39(35)60(3,4)58)38(59-2)23-37(32)55-15-13-28(14-16-55)53-17-19-54(20-18-53)29-9-10-30(34(45)21-29)31-11-12-40(56)50-42(31)57/h5-10,21-26,28,31H,11-20H2,1-4H3,(H,50,56,57)(H2,46,48,49,51). The molecule has 1 atom stereocenters. The van der Waals surface area contributed by atoms with Gasteiger partial charge in [-0.1, -0.05) is 29.8 Å². The number of imide groups is 1. The van der Waals surface area contributed by atoms with Crippen molar-refractivity contribution < 1.29 is 23.3 Å². The SMILES string of the molecule is COc1cc(N2CCC(N3CCN(c4ccc(C5CCC(=O)NC5=O)c(F)c4)CC3)CC2)c(-c2cnn(C)c2)cc1Nc1ncc(Cl)c(Nc2ccccc2P(C)(C)=O)n1. The van der Waals surface area contributed by atoms with E-state index in [0.717, 1.165) is 74.6 Å². The van der Waals surface area contributed by atoms with Gasteiger partial charge < -0.3 is 29.7 Å². The second-order valence-electron chi connectivity index (χ2n) is 15.9. The molecule has 17 heteroatoms. The maximum absolute atomic E-state index is 15.3. The lowest BCUT2D eigenvalue weighted by Crippen LogP contribution is -2.53. The number of aromatic nitrogens is 4. The fraction of sp³-hybridized carbons (Fsp3) is 0.372. The van der Waals surface area contributed by atoms with Crippen LogP contribution in [0.2, 0.25) is 5.02 Å². The predicted octanol–water partition coefficient (Wildman–Crippen LogP) is 6.72. The molecule has 0 aliphatic carbocycles. The molecule has 3 fully saturated rings. The van der Waals surface area contributed by atoms with E-state index in [9.17, 15) is 14.2 Å². The highest BCUT2D eigenvalue weighted by atomic mass is 35.5. The van der Waals surface area contributed by atoms with Crippen molar-refractivity contribution in [2.24, 2.45) is 7.05 Å². The van der Waals surface area contributed by atoms with Gasteiger partial charge in [-0.05, 0) is 62.9 Å². The van der Waals surface area contributed by atoms with E-state index in [1.807, 2.05) is 55.8 Å². The molecule has 0 spiro atoms. The van der Waals surface area contributed by atoms with Crippen LogP contribution in [-0.4, -0.2) is 102 Å². The molecule has 0 bridgehead atoms. The number of piperidine rings is 2. The number of amides is 2. The number of carbonyl (C=O) groups excluding carboxylic acids is 2. The van der Waals surface area contributed by atoms with Crippen LogP contribution in [0.1, 0.15) is 37.2 Å². The Kier molecular flexibility index (Phi) is 11.8. The average molecular weight is 855 g/mol. The molecule has 3 aliphatic heterocycles. The van der Waals surface area contributed by atoms with Gasteiger partial charge in [-0.2, -0.15) is 10.1 Å². The molecule has 60 heavy (non-hydrogen) atoms. The molecule has 3 saturated heterocycles. The van der Waals surface area contributed by atoms with Gasteiger partial charge in [0.1, 0.15) is 23.7 Å². The van der Waals surface area contributed by atoms with Crippen molar-refractivity contribution in [3.05, 3.63) is 89.6 Å². The fourth-order valence-corrected chi connectivity index (χ4v) is 9.80. The first kappa shape index (κ1) is 41.2. The second kappa shape index (κ2) is 17.2. The largest absolute Gasteiger partial charge is 0.494 e. The molecule has 0 radical (unpaired) electrons. The maximum atomic E-state index is 15.3. The fourth-order valence-electron chi connectivity index (χ4n) is 8.50. The van der Waals surface area contributed by atoms with Gasteiger partial charge in [0.05, 0.1) is 36.8 Å². The zero-order valence-corrected chi connectivity index (χ0v) is 35.8. The molecular weight excluding hydrogens is 806 g/mol. The molecule has 3 aliphatic rings. The molecule has 0 saturated carbocycles. The Morgan fingerprint density at radius 2 is 1.68 bits per heavy atom. The number of methoxy groups -OCH3 is 1. The molecule has 3 N–H and O–H groups in total. The van der Waals surface area contributed by atoms with Crippen LogP contribution in [0.3, 0.4) is 0 Å². The van der Waals surface area contributed by atoms with E-state index in [-0.39, 0.29) is 12.3 Å². The molecule has 1 unspecified atom stereocenters. The zero-order valence-electron chi connectivity index (χ0n) is 34.1. The minimum Gasteiger partial charge on any atom is -0.494 e. The van der Waals surface area contributed by atoms with Gasteiger partial charge in [-0.25, -0.2) is 9.37 Å². The summed E-state index contributed by atoms with van der Waals surface area (Å²) in [5.74, 6) is -0.507. The quantitative estimate of drug-likeness (QED) is 0.0956. The molecule has 5 aromatic rings. The Balaban J connectivity index is 0.949. The summed E-state index contributed by atoms with van der Waals surface area (Å²) in [5, 5.41) is 14.4. The number of anilines is 6. The predicted molar refractivity (Wildman–Crippen MR) is 235 cm³/mol. The van der Waals surface area contributed by atoms with E-state index in [1.165, 1.54) is 12.3 Å². The van der Waals surface area contributed by atoms with Crippen LogP contribution in [0.5, 0.6) is 5.75 Å². The lowest BCUT2D eigenvalue weighted by atomic mass is 9.90. The van der Waals surface area contributed by atoms with E-state index in [2.05, 4.69) is 46.8 Å². The molecule has 8 rings (SSSR count). The smallest absolute Gasteiger partial charge is 0.234 e. The van der Waals surface area contributed by atoms with Crippen LogP contribution in [0, 0.1) is 5.82 Å². The zero-order chi connectivity index (χ0) is 42.1. The van der Waals surface area contributed by atoms with Crippen LogP contribution in [0.25, 0.3) is 11.1 Å². The van der Waals surface area contributed by atoms with Gasteiger partial charge in [0.25, 0.3) is 0 Å². The highest BCUT2D eigenvalue weighted by Gasteiger charge is 2.32. The summed E-state index contributed by atoms with van der Waals surface area (Å²) in [4.78, 5) is 40.3. The van der Waals surface area contributed by atoms with Crippen molar-refractivity contribution in [2.45, 2.75) is 37.6 Å². The number of piperazine rings is 1. The summed E-state index contributed by atoms with van der Waals surface area (Å²) in [6.07, 6.45) is 7.86. The van der Waals surface area contributed by atoms with Crippen LogP contribution < -0.4 is 35.8 Å². The first-order valence-electron chi connectivity index (χ1n) is 20.1. The highest BCUT2D eigenvalue weighted by molar-refractivity contribution is 7.70. The lowest BCUT2D eigenvalue weighted by molar-refractivity contribution is -0.134. The van der Waals surface area contributed by atoms with Crippen molar-refractivity contribution in [2.75, 3.05) is 80.1 Å². The third-order valence-electron chi connectivity index (χ3n) is 11.7. The Morgan fingerprint density at radius 1 is 0.917 bits per heavy atom. The number of nitrogens with one attached hydrogen (secondary N) is 3. The van der Waals surface area contributed by atoms with Crippen molar-refractivity contribution in [3.8, 4) is 16.9 Å². The molecular formula is C43H49ClFN10O4P. The van der Waals surface area contributed by atoms with Gasteiger partial charge >= 0.3 is 0 Å². The summed E-state index contributed by atoms with van der Waals surface area (Å²) in [5.41, 5.74) is 5.45. The van der Waals surface area contributed by atoms with Crippen LogP contribution in [0.15, 0.2) is 73.2 Å². The minimum absolute atomic E-state index is 0.214. The summed E-state index contributed by atoms with van der Waals surface area (Å²) in [6.45, 7) is 8.43. The van der Waals surface area contributed by atoms with Crippen molar-refractivity contribution in [1.29, 1.82) is 0 Å². The van der Waals surface area contributed by atoms with Gasteiger partial charge in [0.15, 0.2) is 5.82 Å². The molecule has 14 nitrogen and oxygen atoms in total. The number of halogens is 2. The number of rotatable bonds is 11. The summed E-state index contributed by atoms with van der Waals surface area (Å²) >= 11 is 6.56. The minimum atomic E-state index is -2.59. The molecule has 2 aromatic heterocycles. The van der Waals surface area contributed by atoms with Crippen molar-refractivity contribution in [3.63, 3.8) is 0 Å². The third-order valence-corrected chi connectivity index (χ3v) is 13.5. The van der Waals surface area contributed by atoms with Gasteiger partial charge in [0, 0.05) is 104 Å². The number of carbonyl (C=O) groups is 2. The number of para-hydroxylation sites is 1. The Morgan fingerprint density at radius 3 is 2.37 bits per heavy atom. The number of benzene rings is 3. The van der Waals surface area contributed by atoms with Gasteiger partial charge in [0.2, 0.25) is 17.8 Å². The topological polar surface area (TPSA) is 150 Å². The van der Waals surface area contributed by atoms with Crippen LogP contribution in [-0.2, 0) is 21.2 Å². The van der Waals surface area contributed by atoms with Gasteiger partial charge in [-0.3, -0.25) is 24.5 Å². The summed E-state index contributed by atoms with van der Waals surface area (Å²) < 4.78 is 36.1. The Bertz CT molecular complexity index is 2460. The average Bonchev–Trinajstić information content (AvgIpc) is 3.68. The Labute approximate surface area is 353 Å². The molecule has 3 aromatic carbocycles. The van der Waals surface area contributed by atoms with E-state index in [0.29, 0.717) is 57.2 Å². The first-order valence-corrected chi connectivity index (χ1v) is 23.1. The van der Waals surface area contributed by atoms with E-state index in [4.69, 9.17) is 21.3 Å². The highest BCUT2D eigenvalue weighted by Crippen LogP contribution is 2.42. The summed E-state index contributed by atoms with van der Waals surface area (Å²) in [6, 6.07) is 17.0. The summed E-state index contributed by atoms with van der Waals surface area (Å²) in [7, 11) is 0.948. The van der Waals surface area contributed by atoms with Crippen molar-refractivity contribution >= 4 is 70.4 Å². The Hall–Kier alpha value is -5.50. The number of hydrogen-bond donors (Lipinski definition) is 3. The lowest BCUT2D eigenvalue weighted by Gasteiger charge is -2.44. The van der Waals surface area contributed by atoms with E-state index in [1.54, 1.807) is 31.2 Å². The molecule has 2 amide bonds. The van der Waals surface area contributed by atoms with Gasteiger partial charge in [-0.15, -0.1) is 0 Å². The number of aryl methyl sites for hydroxylation is 1. The molecule has 5 heterocycles. The number of hydrogen-bond acceptors (Lipinski definition) is 12. The monoisotopic (exact) mass is 854 g/mol. The van der Waals surface area contributed by atoms with Crippen molar-refractivity contribution in [1.82, 2.24) is 30.0 Å². The number of ether oxygens (including phenoxy) is 1. The maximum Gasteiger partial charge on any atom is 0.234 e. The second-order valence-corrected chi connectivity index (χ2v) is 19.5. The number of nitrogens with zero attached hydrogens (tertiary/aromatic N) is 7. The van der Waals surface area contributed by atoms with E-state index >= 15 is 4.39 Å². The normalized spacial score (nSPS) is 18.1.